The van der Waals surface area contributed by atoms with Crippen LogP contribution in [-0.2, 0) is 65.4 Å². The van der Waals surface area contributed by atoms with Crippen molar-refractivity contribution in [2.75, 3.05) is 30.4 Å². The van der Waals surface area contributed by atoms with E-state index in [4.69, 9.17) is 11.6 Å². The number of nitrogens with one attached hydrogen (secondary N) is 1. The summed E-state index contributed by atoms with van der Waals surface area (Å²) in [7, 11) is -13.1. The first-order chi connectivity index (χ1) is 34.7. The van der Waals surface area contributed by atoms with E-state index in [2.05, 4.69) is 36.9 Å². The third kappa shape index (κ3) is 12.1. The van der Waals surface area contributed by atoms with Crippen molar-refractivity contribution in [1.82, 2.24) is 34.8 Å². The fraction of sp³-hybridized carbons (Fsp3) is 0.432. The molecule has 2 aromatic carbocycles. The van der Waals surface area contributed by atoms with E-state index < -0.39 is 174 Å². The van der Waals surface area contributed by atoms with Crippen molar-refractivity contribution in [3.63, 3.8) is 0 Å². The first kappa shape index (κ1) is 57.9. The number of phosphoric ester groups is 1. The van der Waals surface area contributed by atoms with Gasteiger partial charge < -0.3 is 20.0 Å². The number of carbonyl (C=O) groups is 2. The molecule has 32 heteroatoms. The molecule has 0 bridgehead atoms. The topological polar surface area (TPSA) is 236 Å². The van der Waals surface area contributed by atoms with E-state index in [1.165, 1.54) is 13.8 Å². The molecule has 2 unspecified atom stereocenters. The standard InChI is InChI=1S/C44H42ClF10N8O10PS2/c1-21(73-74(66,67)68)18-60(4)40(65)63(76(6,71)72)39-34-30(45)10-9-27(36(34)62(59-39)20-42(48,49)50)26-8-7-25(11-12-41(2,3)75(5,69)70)56-35(26)31(15-22-13-23(46)16-24(47)14-22)57-32(64)19-61-38-33(37(58-61)44(53,54)55)28-17-29(28)43(38,51)52/h7-10,13-14,16,21,28-29,31H,15,17-20H2,1-6H3,(H,57,64)(H2,66,67,68)/t21?,28-,29+,31?/m0/s1. The lowest BCUT2D eigenvalue weighted by Crippen LogP contribution is -2.47. The highest BCUT2D eigenvalue weighted by Crippen LogP contribution is 2.68. The summed E-state index contributed by atoms with van der Waals surface area (Å²) in [5.41, 5.74) is -6.30. The van der Waals surface area contributed by atoms with Crippen LogP contribution >= 0.6 is 19.4 Å². The van der Waals surface area contributed by atoms with Crippen molar-refractivity contribution in [3.05, 3.63) is 93.0 Å². The van der Waals surface area contributed by atoms with E-state index in [1.54, 1.807) is 0 Å². The van der Waals surface area contributed by atoms with Crippen molar-refractivity contribution in [3.8, 4) is 23.0 Å². The van der Waals surface area contributed by atoms with Crippen LogP contribution in [-0.4, -0.2) is 111 Å². The second-order valence-electron chi connectivity index (χ2n) is 18.6. The Balaban J connectivity index is 1.48. The highest BCUT2D eigenvalue weighted by molar-refractivity contribution is 7.93. The molecule has 0 saturated heterocycles. The molecule has 7 rings (SSSR count). The predicted molar refractivity (Wildman–Crippen MR) is 251 cm³/mol. The molecule has 3 aromatic heterocycles. The molecule has 76 heavy (non-hydrogen) atoms. The van der Waals surface area contributed by atoms with Crippen LogP contribution in [0.5, 0.6) is 0 Å². The zero-order chi connectivity index (χ0) is 56.8. The van der Waals surface area contributed by atoms with Gasteiger partial charge in [-0.2, -0.15) is 49.6 Å². The quantitative estimate of drug-likeness (QED) is 0.0521. The lowest BCUT2D eigenvalue weighted by molar-refractivity contribution is -0.143. The van der Waals surface area contributed by atoms with E-state index in [0.29, 0.717) is 17.2 Å². The third-order valence-corrected chi connectivity index (χ3v) is 16.1. The maximum absolute atomic E-state index is 15.6. The Labute approximate surface area is 430 Å². The summed E-state index contributed by atoms with van der Waals surface area (Å²) in [5, 5.41) is 8.43. The van der Waals surface area contributed by atoms with E-state index in [0.717, 1.165) is 56.6 Å². The average molecular weight is 1160 g/mol. The number of urea groups is 1. The van der Waals surface area contributed by atoms with Gasteiger partial charge in [0.1, 0.15) is 40.9 Å². The van der Waals surface area contributed by atoms with Crippen LogP contribution in [0, 0.1) is 29.4 Å². The van der Waals surface area contributed by atoms with Crippen molar-refractivity contribution in [1.29, 1.82) is 0 Å². The molecule has 0 radical (unpaired) electrons. The molecule has 5 aromatic rings. The van der Waals surface area contributed by atoms with Crippen molar-refractivity contribution < 1.29 is 89.2 Å². The van der Waals surface area contributed by atoms with Crippen molar-refractivity contribution in [2.24, 2.45) is 5.92 Å². The van der Waals surface area contributed by atoms with Gasteiger partial charge in [-0.05, 0) is 81.3 Å². The predicted octanol–water partition coefficient (Wildman–Crippen LogP) is 7.61. The minimum absolute atomic E-state index is 0.0613. The Kier molecular flexibility index (Phi) is 15.1. The van der Waals surface area contributed by atoms with Gasteiger partial charge in [-0.25, -0.2) is 40.0 Å². The van der Waals surface area contributed by atoms with E-state index in [1.807, 2.05) is 0 Å². The van der Waals surface area contributed by atoms with Crippen LogP contribution in [0.1, 0.15) is 73.1 Å². The van der Waals surface area contributed by atoms with Gasteiger partial charge in [0.25, 0.3) is 5.92 Å². The molecule has 0 spiro atoms. The van der Waals surface area contributed by atoms with Crippen LogP contribution in [0.4, 0.5) is 54.5 Å². The number of benzene rings is 2. The van der Waals surface area contributed by atoms with Gasteiger partial charge in [-0.3, -0.25) is 18.7 Å². The summed E-state index contributed by atoms with van der Waals surface area (Å²) < 4.78 is 214. The number of sulfone groups is 1. The number of nitrogens with zero attached hydrogens (tertiary/aromatic N) is 7. The highest BCUT2D eigenvalue weighted by Gasteiger charge is 2.68. The molecule has 18 nitrogen and oxygen atoms in total. The minimum atomic E-state index is -5.25. The molecule has 1 saturated carbocycles. The molecule has 412 valence electrons. The molecule has 3 amide bonds. The maximum Gasteiger partial charge on any atom is 0.469 e. The number of pyridine rings is 1. The zero-order valence-corrected chi connectivity index (χ0v) is 43.4. The first-order valence-electron chi connectivity index (χ1n) is 22.0. The van der Waals surface area contributed by atoms with Crippen LogP contribution in [0.15, 0.2) is 42.5 Å². The number of likely N-dealkylation sites (N-methyl/N-ethyl adjacent to an activating group) is 1. The number of hydrogen-bond acceptors (Lipinski definition) is 11. The van der Waals surface area contributed by atoms with Gasteiger partial charge >= 0.3 is 26.2 Å². The van der Waals surface area contributed by atoms with Crippen LogP contribution in [0.3, 0.4) is 0 Å². The third-order valence-electron chi connectivity index (χ3n) is 12.2. The zero-order valence-electron chi connectivity index (χ0n) is 40.1. The van der Waals surface area contributed by atoms with Gasteiger partial charge in [-0.15, -0.1) is 0 Å². The second-order valence-corrected chi connectivity index (χ2v) is 24.6. The Bertz CT molecular complexity index is 3520. The fourth-order valence-electron chi connectivity index (χ4n) is 8.68. The smallest absolute Gasteiger partial charge is 0.346 e. The minimum Gasteiger partial charge on any atom is -0.346 e. The van der Waals surface area contributed by atoms with Crippen molar-refractivity contribution >= 4 is 67.9 Å². The summed E-state index contributed by atoms with van der Waals surface area (Å²) >= 11 is 6.64. The lowest BCUT2D eigenvalue weighted by atomic mass is 9.93. The Morgan fingerprint density at radius 3 is 2.17 bits per heavy atom. The van der Waals surface area contributed by atoms with Crippen LogP contribution in [0.2, 0.25) is 5.02 Å². The average Bonchev–Trinajstić information content (AvgIpc) is 3.76. The Hall–Kier alpha value is -5.83. The van der Waals surface area contributed by atoms with Crippen LogP contribution in [0.25, 0.3) is 22.0 Å². The number of fused-ring (bicyclic) bond motifs is 4. The number of sulfonamides is 1. The molecule has 0 aliphatic heterocycles. The van der Waals surface area contributed by atoms with E-state index >= 15 is 8.78 Å². The molecular weight excluding hydrogens is 1120 g/mol. The maximum atomic E-state index is 15.6. The molecule has 2 aliphatic carbocycles. The number of amides is 3. The normalized spacial score (nSPS) is 17.4. The van der Waals surface area contributed by atoms with E-state index in [-0.39, 0.29) is 36.9 Å². The molecule has 3 N–H and O–H groups in total. The number of rotatable bonds is 15. The SMILES string of the molecule is CC(CN(C)C(=O)N(c1nn(CC(F)(F)F)c2c(-c3ccc(C#CC(C)(C)S(C)(=O)=O)nc3C(Cc3cc(F)cc(F)c3)NC(=O)Cn3nc(C(F)(F)F)c4c3C(F)(F)[C@@H]3C[C@H]43)ccc(Cl)c12)S(C)(=O)=O)OP(=O)(O)O. The van der Waals surface area contributed by atoms with Gasteiger partial charge in [0.2, 0.25) is 15.9 Å². The number of hydrogen-bond donors (Lipinski definition) is 3. The van der Waals surface area contributed by atoms with Crippen LogP contribution < -0.4 is 9.62 Å². The number of halogens is 11. The highest BCUT2D eigenvalue weighted by atomic mass is 35.5. The summed E-state index contributed by atoms with van der Waals surface area (Å²) in [6, 6.07) is 2.90. The molecule has 3 heterocycles. The molecule has 4 atom stereocenters. The number of anilines is 1. The lowest BCUT2D eigenvalue weighted by Gasteiger charge is -2.27. The van der Waals surface area contributed by atoms with Crippen molar-refractivity contribution in [2.45, 2.75) is 87.8 Å². The van der Waals surface area contributed by atoms with Gasteiger partial charge in [0, 0.05) is 48.5 Å². The van der Waals surface area contributed by atoms with Gasteiger partial charge in [0.15, 0.2) is 21.3 Å². The fourth-order valence-corrected chi connectivity index (χ4v) is 10.5. The largest absolute Gasteiger partial charge is 0.469 e. The van der Waals surface area contributed by atoms with E-state index in [9.17, 15) is 75.9 Å². The monoisotopic (exact) mass is 1160 g/mol. The first-order valence-corrected chi connectivity index (χ1v) is 27.6. The summed E-state index contributed by atoms with van der Waals surface area (Å²) in [4.78, 5) is 51.9. The summed E-state index contributed by atoms with van der Waals surface area (Å²) in [6.45, 7) is -0.606. The Morgan fingerprint density at radius 2 is 1.61 bits per heavy atom. The number of alkyl halides is 8. The number of phosphoric acid groups is 1. The van der Waals surface area contributed by atoms with Gasteiger partial charge in [0.05, 0.1) is 40.0 Å². The summed E-state index contributed by atoms with van der Waals surface area (Å²) in [5.74, 6) is -6.34. The number of carbonyl (C=O) groups excluding carboxylic acids is 2. The Morgan fingerprint density at radius 1 is 0.987 bits per heavy atom. The summed E-state index contributed by atoms with van der Waals surface area (Å²) in [6.07, 6.45) is -11.7. The second kappa shape index (κ2) is 19.9. The number of aromatic nitrogens is 5. The molecule has 1 fully saturated rings. The molecule has 2 aliphatic rings. The molecular formula is C44H42ClF10N8O10PS2. The van der Waals surface area contributed by atoms with Gasteiger partial charge in [-0.1, -0.05) is 23.6 Å².